The number of hydrogen-bond donors (Lipinski definition) is 1. The van der Waals surface area contributed by atoms with Crippen molar-refractivity contribution >= 4 is 15.7 Å². The second kappa shape index (κ2) is 11.6. The Labute approximate surface area is 224 Å². The molecule has 5 rings (SSSR count). The van der Waals surface area contributed by atoms with Gasteiger partial charge in [0.25, 0.3) is 5.91 Å². The van der Waals surface area contributed by atoms with Gasteiger partial charge in [-0.2, -0.15) is 0 Å². The Kier molecular flexibility index (Phi) is 8.23. The minimum atomic E-state index is -4.04. The Morgan fingerprint density at radius 1 is 0.974 bits per heavy atom. The highest BCUT2D eigenvalue weighted by Gasteiger charge is 2.54. The van der Waals surface area contributed by atoms with E-state index < -0.39 is 26.8 Å². The van der Waals surface area contributed by atoms with Crippen LogP contribution in [0.15, 0.2) is 53.4 Å². The highest BCUT2D eigenvalue weighted by atomic mass is 32.2. The Morgan fingerprint density at radius 2 is 1.61 bits per heavy atom. The summed E-state index contributed by atoms with van der Waals surface area (Å²) >= 11 is 0. The van der Waals surface area contributed by atoms with Crippen molar-refractivity contribution in [2.75, 3.05) is 26.3 Å². The summed E-state index contributed by atoms with van der Waals surface area (Å²) in [5.41, 5.74) is 2.46. The number of carbonyl (C=O) groups is 1. The molecule has 2 aromatic carbocycles. The van der Waals surface area contributed by atoms with E-state index in [2.05, 4.69) is 10.4 Å². The highest BCUT2D eigenvalue weighted by molar-refractivity contribution is 7.93. The van der Waals surface area contributed by atoms with Gasteiger partial charge in [-0.05, 0) is 94.0 Å². The number of benzene rings is 2. The zero-order valence-electron chi connectivity index (χ0n) is 21.8. The van der Waals surface area contributed by atoms with Crippen molar-refractivity contribution in [1.82, 2.24) is 10.4 Å². The first-order chi connectivity index (χ1) is 18.4. The summed E-state index contributed by atoms with van der Waals surface area (Å²) in [5.74, 6) is 1.22. The lowest BCUT2D eigenvalue weighted by atomic mass is 9.94. The molecule has 1 unspecified atom stereocenters. The van der Waals surface area contributed by atoms with E-state index in [-0.39, 0.29) is 17.7 Å². The molecule has 1 amide bonds. The first-order valence-corrected chi connectivity index (χ1v) is 15.0. The molecule has 9 nitrogen and oxygen atoms in total. The fraction of sp³-hybridized carbons (Fsp3) is 0.536. The van der Waals surface area contributed by atoms with Crippen molar-refractivity contribution in [3.8, 4) is 17.2 Å². The largest absolute Gasteiger partial charge is 0.494 e. The van der Waals surface area contributed by atoms with Gasteiger partial charge in [-0.15, -0.1) is 0 Å². The molecule has 2 aliphatic heterocycles. The first kappa shape index (κ1) is 26.9. The fourth-order valence-electron chi connectivity index (χ4n) is 5.14. The molecule has 3 aliphatic rings. The lowest BCUT2D eigenvalue weighted by Gasteiger charge is -2.40. The summed E-state index contributed by atoms with van der Waals surface area (Å²) in [6.45, 7) is 4.16. The van der Waals surface area contributed by atoms with Crippen molar-refractivity contribution in [2.45, 2.75) is 73.8 Å². The monoisotopic (exact) mass is 544 g/mol. The van der Waals surface area contributed by atoms with E-state index >= 15 is 0 Å². The molecule has 3 fully saturated rings. The lowest BCUT2D eigenvalue weighted by Crippen LogP contribution is -2.58. The van der Waals surface area contributed by atoms with Crippen LogP contribution in [-0.4, -0.2) is 62.6 Å². The Bertz CT molecular complexity index is 1180. The predicted molar refractivity (Wildman–Crippen MR) is 141 cm³/mol. The molecule has 2 heterocycles. The maximum Gasteiger partial charge on any atom is 0.265 e. The van der Waals surface area contributed by atoms with Crippen LogP contribution in [0.25, 0.3) is 0 Å². The maximum absolute atomic E-state index is 14.0. The van der Waals surface area contributed by atoms with Gasteiger partial charge < -0.3 is 19.1 Å². The van der Waals surface area contributed by atoms with Gasteiger partial charge in [0.1, 0.15) is 17.2 Å². The van der Waals surface area contributed by atoms with Crippen LogP contribution >= 0.6 is 0 Å². The topological polar surface area (TPSA) is 103 Å². The van der Waals surface area contributed by atoms with E-state index in [1.165, 1.54) is 12.1 Å². The molecule has 0 spiro atoms. The predicted octanol–water partition coefficient (Wildman–Crippen LogP) is 4.22. The fourth-order valence-corrected chi connectivity index (χ4v) is 7.09. The van der Waals surface area contributed by atoms with E-state index in [9.17, 15) is 13.2 Å². The van der Waals surface area contributed by atoms with Crippen LogP contribution in [0.5, 0.6) is 17.2 Å². The Hall–Kier alpha value is -2.66. The van der Waals surface area contributed by atoms with Crippen LogP contribution in [-0.2, 0) is 24.2 Å². The lowest BCUT2D eigenvalue weighted by molar-refractivity contribution is -0.202. The van der Waals surface area contributed by atoms with Crippen molar-refractivity contribution in [3.05, 3.63) is 48.5 Å². The molecular formula is C28H36N2O7S. The van der Waals surface area contributed by atoms with Crippen molar-refractivity contribution < 1.29 is 32.3 Å². The molecule has 2 saturated heterocycles. The summed E-state index contributed by atoms with van der Waals surface area (Å²) in [7, 11) is -4.04. The number of piperidine rings is 1. The van der Waals surface area contributed by atoms with Crippen LogP contribution in [0.1, 0.15) is 51.9 Å². The number of likely N-dealkylation sites (tertiary alicyclic amines) is 1. The zero-order chi connectivity index (χ0) is 26.6. The summed E-state index contributed by atoms with van der Waals surface area (Å²) in [6, 6.07) is 13.9. The molecule has 10 heteroatoms. The highest BCUT2D eigenvalue weighted by Crippen LogP contribution is 2.40. The number of sulfone groups is 1. The van der Waals surface area contributed by atoms with Crippen LogP contribution < -0.4 is 15.0 Å². The second-order valence-electron chi connectivity index (χ2n) is 10.1. The Morgan fingerprint density at radius 3 is 2.18 bits per heavy atom. The number of ether oxygens (including phenoxy) is 3. The van der Waals surface area contributed by atoms with Gasteiger partial charge in [0.2, 0.25) is 0 Å². The molecule has 1 atom stereocenters. The Balaban J connectivity index is 1.32. The number of carbonyl (C=O) groups excluding carboxylic acids is 1. The van der Waals surface area contributed by atoms with Crippen LogP contribution in [0.3, 0.4) is 0 Å². The molecule has 1 aliphatic carbocycles. The molecule has 0 radical (unpaired) electrons. The second-order valence-corrected chi connectivity index (χ2v) is 12.3. The third-order valence-electron chi connectivity index (χ3n) is 7.52. The molecular weight excluding hydrogens is 508 g/mol. The van der Waals surface area contributed by atoms with Gasteiger partial charge in [-0.25, -0.2) is 18.7 Å². The summed E-state index contributed by atoms with van der Waals surface area (Å²) < 4.78 is 43.3. The summed E-state index contributed by atoms with van der Waals surface area (Å²) in [4.78, 5) is 21.4. The molecule has 0 bridgehead atoms. The first-order valence-electron chi connectivity index (χ1n) is 13.5. The molecule has 206 valence electrons. The number of nitrogens with zero attached hydrogens (tertiary/aromatic N) is 1. The van der Waals surface area contributed by atoms with Crippen LogP contribution in [0, 0.1) is 0 Å². The number of amides is 1. The molecule has 1 N–H and O–H groups in total. The average Bonchev–Trinajstić information content (AvgIpc) is 3.80. The van der Waals surface area contributed by atoms with Crippen molar-refractivity contribution in [2.24, 2.45) is 0 Å². The molecule has 38 heavy (non-hydrogen) atoms. The molecule has 2 aromatic rings. The SMILES string of the molecule is CCOc1ccc(Oc2ccc(S(=O)(=O)C3(C(=O)NOC4CCCCO4)CCN(C4CC4)CC3)cc2)cc1. The van der Waals surface area contributed by atoms with E-state index in [4.69, 9.17) is 19.0 Å². The van der Waals surface area contributed by atoms with Gasteiger partial charge in [0, 0.05) is 32.2 Å². The minimum Gasteiger partial charge on any atom is -0.494 e. The number of hydrogen-bond acceptors (Lipinski definition) is 8. The quantitative estimate of drug-likeness (QED) is 0.444. The van der Waals surface area contributed by atoms with Crippen molar-refractivity contribution in [1.29, 1.82) is 0 Å². The van der Waals surface area contributed by atoms with Gasteiger partial charge >= 0.3 is 0 Å². The van der Waals surface area contributed by atoms with Gasteiger partial charge in [-0.3, -0.25) is 4.79 Å². The van der Waals surface area contributed by atoms with E-state index in [1.807, 2.05) is 19.1 Å². The molecule has 1 saturated carbocycles. The number of hydroxylamine groups is 1. The number of nitrogens with one attached hydrogen (secondary N) is 1. The third kappa shape index (κ3) is 5.83. The smallest absolute Gasteiger partial charge is 0.265 e. The van der Waals surface area contributed by atoms with Gasteiger partial charge in [-0.1, -0.05) is 0 Å². The minimum absolute atomic E-state index is 0.0838. The third-order valence-corrected chi connectivity index (χ3v) is 10.0. The summed E-state index contributed by atoms with van der Waals surface area (Å²) in [5, 5.41) is 0. The van der Waals surface area contributed by atoms with Gasteiger partial charge in [0.05, 0.1) is 11.5 Å². The molecule has 0 aromatic heterocycles. The summed E-state index contributed by atoms with van der Waals surface area (Å²) in [6.07, 6.45) is 4.65. The van der Waals surface area contributed by atoms with Crippen molar-refractivity contribution in [3.63, 3.8) is 0 Å². The average molecular weight is 545 g/mol. The van der Waals surface area contributed by atoms with E-state index in [1.54, 1.807) is 24.3 Å². The van der Waals surface area contributed by atoms with E-state index in [0.717, 1.165) is 31.4 Å². The normalized spacial score (nSPS) is 22.0. The van der Waals surface area contributed by atoms with Gasteiger partial charge in [0.15, 0.2) is 20.9 Å². The number of rotatable bonds is 10. The maximum atomic E-state index is 14.0. The van der Waals surface area contributed by atoms with Crippen LogP contribution in [0.4, 0.5) is 0 Å². The van der Waals surface area contributed by atoms with Crippen LogP contribution in [0.2, 0.25) is 0 Å². The standard InChI is InChI=1S/C28H36N2O7S/c1-2-34-22-8-10-23(11-9-22)36-24-12-14-25(15-13-24)38(32,33)28(16-18-30(19-17-28)21-6-7-21)27(31)29-37-26-5-3-4-20-35-26/h8-15,21,26H,2-7,16-20H2,1H3,(H,29,31). The van der Waals surface area contributed by atoms with E-state index in [0.29, 0.717) is 50.3 Å². The zero-order valence-corrected chi connectivity index (χ0v) is 22.6.